The summed E-state index contributed by atoms with van der Waals surface area (Å²) in [5, 5.41) is 6.11. The first-order valence-electron chi connectivity index (χ1n) is 7.80. The van der Waals surface area contributed by atoms with E-state index < -0.39 is 25.3 Å². The zero-order chi connectivity index (χ0) is 19.7. The van der Waals surface area contributed by atoms with E-state index in [4.69, 9.17) is 4.18 Å². The summed E-state index contributed by atoms with van der Waals surface area (Å²) in [4.78, 5) is -0.0292. The van der Waals surface area contributed by atoms with Gasteiger partial charge in [-0.3, -0.25) is 0 Å². The van der Waals surface area contributed by atoms with Crippen molar-refractivity contribution in [3.8, 4) is 5.75 Å². The molecule has 1 aliphatic heterocycles. The predicted octanol–water partition coefficient (Wildman–Crippen LogP) is 3.40. The number of nitrogens with zero attached hydrogens (tertiary/aromatic N) is 2. The largest absolute Gasteiger partial charge is 0.379 e. The average molecular weight is 404 g/mol. The van der Waals surface area contributed by atoms with Gasteiger partial charge in [-0.15, -0.1) is 0 Å². The van der Waals surface area contributed by atoms with Gasteiger partial charge in [0.2, 0.25) is 15.2 Å². The molecule has 0 bridgehead atoms. The van der Waals surface area contributed by atoms with E-state index in [1.165, 1.54) is 48.7 Å². The summed E-state index contributed by atoms with van der Waals surface area (Å²) in [6.45, 7) is 5.51. The number of sulfone groups is 1. The highest BCUT2D eigenvalue weighted by Gasteiger charge is 2.30. The Bertz CT molecular complexity index is 1130. The second-order valence-corrected chi connectivity index (χ2v) is 9.40. The number of aryl methyl sites for hydroxylation is 1. The van der Waals surface area contributed by atoms with Crippen LogP contribution in [-0.4, -0.2) is 22.2 Å². The maximum Gasteiger partial charge on any atom is 0.339 e. The Hall–Kier alpha value is -2.78. The van der Waals surface area contributed by atoms with Crippen LogP contribution in [0, 0.1) is 6.92 Å². The number of rotatable bonds is 5. The van der Waals surface area contributed by atoms with Crippen molar-refractivity contribution in [2.24, 2.45) is 10.2 Å². The highest BCUT2D eigenvalue weighted by atomic mass is 32.2. The molecule has 1 atom stereocenters. The van der Waals surface area contributed by atoms with Crippen molar-refractivity contribution in [1.29, 1.82) is 0 Å². The SMILES string of the molecule is C=C1C=CN=NC1S(=O)(=O)c1ccc(OS(=O)(=O)c2ccc(C)cc2)cc1. The normalized spacial score (nSPS) is 17.1. The molecule has 0 saturated carbocycles. The van der Waals surface area contributed by atoms with E-state index in [0.717, 1.165) is 5.56 Å². The number of benzene rings is 2. The molecule has 0 N–H and O–H groups in total. The Morgan fingerprint density at radius 2 is 1.52 bits per heavy atom. The van der Waals surface area contributed by atoms with E-state index in [1.54, 1.807) is 12.1 Å². The molecule has 0 radical (unpaired) electrons. The lowest BCUT2D eigenvalue weighted by Crippen LogP contribution is -2.21. The van der Waals surface area contributed by atoms with E-state index in [-0.39, 0.29) is 15.5 Å². The van der Waals surface area contributed by atoms with Crippen LogP contribution in [0.3, 0.4) is 0 Å². The first-order chi connectivity index (χ1) is 12.7. The molecule has 7 nitrogen and oxygen atoms in total. The van der Waals surface area contributed by atoms with E-state index in [1.807, 2.05) is 6.92 Å². The molecule has 0 saturated heterocycles. The molecule has 0 aliphatic carbocycles. The first-order valence-corrected chi connectivity index (χ1v) is 10.8. The molecule has 0 aromatic heterocycles. The van der Waals surface area contributed by atoms with Crippen LogP contribution < -0.4 is 4.18 Å². The minimum absolute atomic E-state index is 0.00137. The third-order valence-corrected chi connectivity index (χ3v) is 6.98. The van der Waals surface area contributed by atoms with Crippen LogP contribution in [0.15, 0.2) is 93.0 Å². The third-order valence-electron chi connectivity index (χ3n) is 3.81. The van der Waals surface area contributed by atoms with Gasteiger partial charge in [-0.2, -0.15) is 18.6 Å². The van der Waals surface area contributed by atoms with Crippen LogP contribution in [-0.2, 0) is 20.0 Å². The monoisotopic (exact) mass is 404 g/mol. The van der Waals surface area contributed by atoms with Gasteiger partial charge in [0, 0.05) is 6.20 Å². The number of hydrogen-bond donors (Lipinski definition) is 0. The lowest BCUT2D eigenvalue weighted by molar-refractivity contribution is 0.486. The minimum Gasteiger partial charge on any atom is -0.379 e. The Morgan fingerprint density at radius 3 is 2.11 bits per heavy atom. The number of hydrogen-bond acceptors (Lipinski definition) is 7. The molecular formula is C18H16N2O5S2. The molecular weight excluding hydrogens is 388 g/mol. The average Bonchev–Trinajstić information content (AvgIpc) is 2.62. The van der Waals surface area contributed by atoms with Crippen molar-refractivity contribution >= 4 is 20.0 Å². The van der Waals surface area contributed by atoms with Crippen molar-refractivity contribution in [3.63, 3.8) is 0 Å². The molecule has 9 heteroatoms. The fourth-order valence-corrected chi connectivity index (χ4v) is 4.70. The summed E-state index contributed by atoms with van der Waals surface area (Å²) in [6.07, 6.45) is 2.84. The summed E-state index contributed by atoms with van der Waals surface area (Å²) in [5.41, 5.74) is 1.21. The molecule has 2 aromatic carbocycles. The molecule has 2 aromatic rings. The van der Waals surface area contributed by atoms with Crippen LogP contribution in [0.25, 0.3) is 0 Å². The van der Waals surface area contributed by atoms with Gasteiger partial charge in [0.25, 0.3) is 0 Å². The van der Waals surface area contributed by atoms with Crippen molar-refractivity contribution < 1.29 is 21.0 Å². The maximum atomic E-state index is 12.6. The zero-order valence-corrected chi connectivity index (χ0v) is 15.9. The van der Waals surface area contributed by atoms with Crippen LogP contribution in [0.2, 0.25) is 0 Å². The number of azo groups is 1. The minimum atomic E-state index is -4.01. The van der Waals surface area contributed by atoms with Crippen LogP contribution in [0.1, 0.15) is 5.56 Å². The molecule has 1 unspecified atom stereocenters. The molecule has 1 heterocycles. The third kappa shape index (κ3) is 3.99. The second kappa shape index (κ2) is 7.09. The summed E-state index contributed by atoms with van der Waals surface area (Å²) in [6, 6.07) is 11.3. The van der Waals surface area contributed by atoms with Gasteiger partial charge in [0.05, 0.1) is 4.90 Å². The van der Waals surface area contributed by atoms with Crippen molar-refractivity contribution in [2.75, 3.05) is 0 Å². The molecule has 1 aliphatic rings. The standard InChI is InChI=1S/C18H16N2O5S2/c1-13-3-7-17(8-4-13)27(23,24)25-15-5-9-16(10-6-15)26(21,22)18-14(2)11-12-19-20-18/h3-12,18H,2H2,1H3. The van der Waals surface area contributed by atoms with Gasteiger partial charge < -0.3 is 4.18 Å². The van der Waals surface area contributed by atoms with Crippen molar-refractivity contribution in [1.82, 2.24) is 0 Å². The summed E-state index contributed by atoms with van der Waals surface area (Å²) in [7, 11) is -7.86. The molecule has 3 rings (SSSR count). The van der Waals surface area contributed by atoms with Gasteiger partial charge >= 0.3 is 10.1 Å². The van der Waals surface area contributed by atoms with Crippen molar-refractivity contribution in [3.05, 3.63) is 78.5 Å². The second-order valence-electron chi connectivity index (χ2n) is 5.84. The zero-order valence-electron chi connectivity index (χ0n) is 14.3. The van der Waals surface area contributed by atoms with Gasteiger partial charge in [0.1, 0.15) is 10.6 Å². The Balaban J connectivity index is 1.83. The summed E-state index contributed by atoms with van der Waals surface area (Å²) >= 11 is 0. The lowest BCUT2D eigenvalue weighted by atomic mass is 10.2. The molecule has 140 valence electrons. The summed E-state index contributed by atoms with van der Waals surface area (Å²) in [5.74, 6) is -0.00137. The Morgan fingerprint density at radius 1 is 0.926 bits per heavy atom. The molecule has 0 spiro atoms. The van der Waals surface area contributed by atoms with Crippen LogP contribution >= 0.6 is 0 Å². The van der Waals surface area contributed by atoms with E-state index in [2.05, 4.69) is 16.8 Å². The van der Waals surface area contributed by atoms with Crippen molar-refractivity contribution in [2.45, 2.75) is 22.1 Å². The highest BCUT2D eigenvalue weighted by Crippen LogP contribution is 2.27. The fraction of sp³-hybridized carbons (Fsp3) is 0.111. The van der Waals surface area contributed by atoms with Gasteiger partial charge in [-0.25, -0.2) is 8.42 Å². The van der Waals surface area contributed by atoms with Crippen LogP contribution in [0.5, 0.6) is 5.75 Å². The first kappa shape index (κ1) is 19.0. The van der Waals surface area contributed by atoms with Gasteiger partial charge in [-0.1, -0.05) is 24.3 Å². The van der Waals surface area contributed by atoms with Gasteiger partial charge in [0.15, 0.2) is 0 Å². The Labute approximate surface area is 157 Å². The summed E-state index contributed by atoms with van der Waals surface area (Å²) < 4.78 is 54.9. The quantitative estimate of drug-likeness (QED) is 0.711. The lowest BCUT2D eigenvalue weighted by Gasteiger charge is -2.15. The topological polar surface area (TPSA) is 102 Å². The molecule has 27 heavy (non-hydrogen) atoms. The van der Waals surface area contributed by atoms with Gasteiger partial charge in [-0.05, 0) is 55.0 Å². The predicted molar refractivity (Wildman–Crippen MR) is 99.5 cm³/mol. The molecule has 0 fully saturated rings. The smallest absolute Gasteiger partial charge is 0.339 e. The fourth-order valence-electron chi connectivity index (χ4n) is 2.34. The van der Waals surface area contributed by atoms with E-state index in [9.17, 15) is 16.8 Å². The van der Waals surface area contributed by atoms with Crippen LogP contribution in [0.4, 0.5) is 0 Å². The van der Waals surface area contributed by atoms with E-state index >= 15 is 0 Å². The molecule has 0 amide bonds. The maximum absolute atomic E-state index is 12.6. The highest BCUT2D eigenvalue weighted by molar-refractivity contribution is 7.92. The van der Waals surface area contributed by atoms with E-state index in [0.29, 0.717) is 5.57 Å². The Kier molecular flexibility index (Phi) is 4.99.